The maximum Gasteiger partial charge on any atom is 0.284 e. The van der Waals surface area contributed by atoms with Crippen LogP contribution >= 0.6 is 11.6 Å². The summed E-state index contributed by atoms with van der Waals surface area (Å²) in [5.74, 6) is 1.83. The standard InChI is InChI=1S/C47H62ClF2N9O5/c1-57(22-8-6-4-2-3-5-7-20-52-42(60)31-63-37-17-18-40-34(24-37)10-9-23-58(40)43(61)26-48)28-33-13-15-36(16-14-33)59-29-38(44(56-59)45(49)50)54-46(62)39-30-64-47(55-39)35-19-21-51-41(25-35)53-27-32-11-12-32/h17-19,21,24-25,29-30,32-33,36,45H,2-16,20,22-23,26-28,31H2,1H3,(H,51,53)(H,52,60)(H,54,62)/t33-,36-. The van der Waals surface area contributed by atoms with Crippen molar-refractivity contribution in [3.63, 3.8) is 0 Å². The molecule has 2 fully saturated rings. The van der Waals surface area contributed by atoms with Crippen LogP contribution in [0.1, 0.15) is 124 Å². The second-order valence-electron chi connectivity index (χ2n) is 17.6. The minimum Gasteiger partial charge on any atom is -0.484 e. The van der Waals surface area contributed by atoms with Gasteiger partial charge in [-0.2, -0.15) is 5.10 Å². The van der Waals surface area contributed by atoms with Crippen molar-refractivity contribution in [3.05, 3.63) is 65.9 Å². The SMILES string of the molecule is CN(CCCCCCCCCNC(=O)COc1ccc2c(c1)CCCN2C(=O)CCl)C[C@H]1CC[C@H](n2cc(NC(=O)c3coc(-c4ccnc(NCC5CC5)c4)n3)c(C(F)F)n2)CC1. The molecule has 346 valence electrons. The molecule has 0 radical (unpaired) electrons. The molecule has 1 aliphatic heterocycles. The Bertz CT molecular complexity index is 2160. The molecule has 0 spiro atoms. The number of benzene rings is 1. The van der Waals surface area contributed by atoms with E-state index >= 15 is 0 Å². The number of oxazole rings is 1. The van der Waals surface area contributed by atoms with Crippen LogP contribution in [0.2, 0.25) is 0 Å². The van der Waals surface area contributed by atoms with Gasteiger partial charge in [-0.15, -0.1) is 11.6 Å². The van der Waals surface area contributed by atoms with Gasteiger partial charge in [0.15, 0.2) is 18.0 Å². The van der Waals surface area contributed by atoms with E-state index in [0.29, 0.717) is 42.1 Å². The number of nitrogens with zero attached hydrogens (tertiary/aromatic N) is 6. The van der Waals surface area contributed by atoms with Crippen LogP contribution in [0.5, 0.6) is 5.75 Å². The van der Waals surface area contributed by atoms with Gasteiger partial charge in [0.1, 0.15) is 23.7 Å². The third-order valence-electron chi connectivity index (χ3n) is 12.5. The lowest BCUT2D eigenvalue weighted by Gasteiger charge is -2.31. The number of unbranched alkanes of at least 4 members (excludes halogenated alkanes) is 6. The van der Waals surface area contributed by atoms with Crippen molar-refractivity contribution in [3.8, 4) is 17.2 Å². The predicted octanol–water partition coefficient (Wildman–Crippen LogP) is 9.05. The first-order chi connectivity index (χ1) is 31.1. The van der Waals surface area contributed by atoms with E-state index in [4.69, 9.17) is 20.8 Å². The molecule has 4 aromatic rings. The van der Waals surface area contributed by atoms with E-state index in [1.54, 1.807) is 27.9 Å². The van der Waals surface area contributed by atoms with Gasteiger partial charge in [-0.05, 0) is 126 Å². The normalized spacial score (nSPS) is 17.4. The highest BCUT2D eigenvalue weighted by atomic mass is 35.5. The zero-order chi connectivity index (χ0) is 44.8. The molecular formula is C47H62ClF2N9O5. The van der Waals surface area contributed by atoms with Crippen molar-refractivity contribution in [2.45, 2.75) is 109 Å². The van der Waals surface area contributed by atoms with Gasteiger partial charge in [0.2, 0.25) is 11.8 Å². The van der Waals surface area contributed by atoms with Gasteiger partial charge in [-0.3, -0.25) is 19.1 Å². The van der Waals surface area contributed by atoms with Crippen molar-refractivity contribution in [1.82, 2.24) is 30.0 Å². The number of nitrogens with one attached hydrogen (secondary N) is 3. The molecule has 14 nitrogen and oxygen atoms in total. The van der Waals surface area contributed by atoms with Crippen LogP contribution in [0.15, 0.2) is 53.4 Å². The third kappa shape index (κ3) is 13.5. The molecule has 17 heteroatoms. The minimum atomic E-state index is -2.85. The number of anilines is 3. The first kappa shape index (κ1) is 46.9. The quantitative estimate of drug-likeness (QED) is 0.0458. The van der Waals surface area contributed by atoms with E-state index in [-0.39, 0.29) is 47.6 Å². The molecule has 3 amide bonds. The molecule has 2 saturated carbocycles. The molecular weight excluding hydrogens is 844 g/mol. The largest absolute Gasteiger partial charge is 0.484 e. The van der Waals surface area contributed by atoms with Gasteiger partial charge in [0.25, 0.3) is 18.2 Å². The van der Waals surface area contributed by atoms with Gasteiger partial charge in [0.05, 0.1) is 11.7 Å². The van der Waals surface area contributed by atoms with Crippen LogP contribution in [-0.2, 0) is 16.0 Å². The van der Waals surface area contributed by atoms with E-state index in [0.717, 1.165) is 95.1 Å². The number of ether oxygens (including phenoxy) is 1. The van der Waals surface area contributed by atoms with Crippen LogP contribution in [-0.4, -0.2) is 94.6 Å². The van der Waals surface area contributed by atoms with E-state index in [2.05, 4.69) is 43.0 Å². The van der Waals surface area contributed by atoms with Crippen LogP contribution in [0, 0.1) is 11.8 Å². The van der Waals surface area contributed by atoms with Crippen molar-refractivity contribution in [1.29, 1.82) is 0 Å². The number of hydrogen-bond donors (Lipinski definition) is 3. The van der Waals surface area contributed by atoms with Gasteiger partial charge < -0.3 is 34.9 Å². The molecule has 0 bridgehead atoms. The molecule has 64 heavy (non-hydrogen) atoms. The number of hydrogen-bond acceptors (Lipinski definition) is 10. The average molecular weight is 907 g/mol. The number of rotatable bonds is 24. The topological polar surface area (TPSA) is 160 Å². The van der Waals surface area contributed by atoms with Crippen molar-refractivity contribution in [2.24, 2.45) is 11.8 Å². The predicted molar refractivity (Wildman–Crippen MR) is 243 cm³/mol. The van der Waals surface area contributed by atoms with Crippen molar-refractivity contribution in [2.75, 3.05) is 67.8 Å². The number of halogens is 3. The second kappa shape index (κ2) is 23.2. The smallest absolute Gasteiger partial charge is 0.284 e. The van der Waals surface area contributed by atoms with Gasteiger partial charge in [-0.25, -0.2) is 18.7 Å². The molecule has 1 aromatic carbocycles. The van der Waals surface area contributed by atoms with Gasteiger partial charge >= 0.3 is 0 Å². The number of aromatic nitrogens is 4. The summed E-state index contributed by atoms with van der Waals surface area (Å²) in [6.45, 7) is 4.15. The molecule has 4 heterocycles. The molecule has 3 N–H and O–H groups in total. The van der Waals surface area contributed by atoms with Gasteiger partial charge in [-0.1, -0.05) is 32.1 Å². The van der Waals surface area contributed by atoms with Crippen molar-refractivity contribution < 1.29 is 32.3 Å². The number of carbonyl (C=O) groups excluding carboxylic acids is 3. The molecule has 7 rings (SSSR count). The molecule has 3 aliphatic rings. The van der Waals surface area contributed by atoms with E-state index in [9.17, 15) is 23.2 Å². The van der Waals surface area contributed by atoms with Crippen LogP contribution in [0.4, 0.5) is 26.0 Å². The van der Waals surface area contributed by atoms with Crippen LogP contribution in [0.25, 0.3) is 11.5 Å². The lowest BCUT2D eigenvalue weighted by atomic mass is 9.86. The third-order valence-corrected chi connectivity index (χ3v) is 12.7. The summed E-state index contributed by atoms with van der Waals surface area (Å²) >= 11 is 5.77. The summed E-state index contributed by atoms with van der Waals surface area (Å²) in [5, 5.41) is 13.1. The van der Waals surface area contributed by atoms with E-state index in [1.807, 2.05) is 18.2 Å². The fourth-order valence-electron chi connectivity index (χ4n) is 8.72. The fourth-order valence-corrected chi connectivity index (χ4v) is 8.86. The lowest BCUT2D eigenvalue weighted by molar-refractivity contribution is -0.123. The molecule has 0 unspecified atom stereocenters. The summed E-state index contributed by atoms with van der Waals surface area (Å²) in [6, 6.07) is 9.10. The highest BCUT2D eigenvalue weighted by Gasteiger charge is 2.28. The van der Waals surface area contributed by atoms with Crippen LogP contribution in [0.3, 0.4) is 0 Å². The summed E-state index contributed by atoms with van der Waals surface area (Å²) in [4.78, 5) is 50.4. The maximum absolute atomic E-state index is 14.1. The van der Waals surface area contributed by atoms with E-state index in [1.165, 1.54) is 44.6 Å². The maximum atomic E-state index is 14.1. The van der Waals surface area contributed by atoms with Crippen molar-refractivity contribution >= 4 is 46.5 Å². The fraction of sp³-hybridized carbons (Fsp3) is 0.574. The monoisotopic (exact) mass is 905 g/mol. The lowest BCUT2D eigenvalue weighted by Crippen LogP contribution is -2.36. The Kier molecular flexibility index (Phi) is 17.0. The number of carbonyl (C=O) groups is 3. The van der Waals surface area contributed by atoms with Crippen LogP contribution < -0.4 is 25.6 Å². The Morgan fingerprint density at radius 2 is 1.75 bits per heavy atom. The summed E-state index contributed by atoms with van der Waals surface area (Å²) in [7, 11) is 2.18. The average Bonchev–Trinajstić information content (AvgIpc) is 3.82. The van der Waals surface area contributed by atoms with E-state index < -0.39 is 18.0 Å². The molecule has 2 aliphatic carbocycles. The highest BCUT2D eigenvalue weighted by molar-refractivity contribution is 6.29. The summed E-state index contributed by atoms with van der Waals surface area (Å²) in [5.41, 5.74) is 2.06. The summed E-state index contributed by atoms with van der Waals surface area (Å²) < 4.78 is 41.2. The Labute approximate surface area is 379 Å². The first-order valence-corrected chi connectivity index (χ1v) is 23.6. The first-order valence-electron chi connectivity index (χ1n) is 23.0. The zero-order valence-electron chi connectivity index (χ0n) is 36.8. The number of fused-ring (bicyclic) bond motifs is 1. The number of pyridine rings is 1. The highest BCUT2D eigenvalue weighted by Crippen LogP contribution is 2.36. The number of alkyl halides is 3. The Hall–Kier alpha value is -5.09. The number of aryl methyl sites for hydroxylation is 1. The van der Waals surface area contributed by atoms with Gasteiger partial charge in [0, 0.05) is 49.8 Å². The Morgan fingerprint density at radius 1 is 0.984 bits per heavy atom. The Balaban J connectivity index is 0.728. The molecule has 0 saturated heterocycles. The molecule has 3 aromatic heterocycles. The zero-order valence-corrected chi connectivity index (χ0v) is 37.6. The number of amides is 3. The summed E-state index contributed by atoms with van der Waals surface area (Å²) in [6.07, 6.45) is 17.2. The Morgan fingerprint density at radius 3 is 2.52 bits per heavy atom. The second-order valence-corrected chi connectivity index (χ2v) is 17.8. The minimum absolute atomic E-state index is 0.0158. The molecule has 0 atom stereocenters.